The van der Waals surface area contributed by atoms with Gasteiger partial charge in [0.1, 0.15) is 22.4 Å². The van der Waals surface area contributed by atoms with Crippen molar-refractivity contribution >= 4 is 70.1 Å². The molecule has 5 aromatic carbocycles. The SMILES string of the molecule is COc1ccc(OC)c(/C=C(/NC(=O)c2ccccc2)C(=O)Nc2cccc(SC(C(=O)Nc3ccc(Cl)cc3Cl)c3ccccc3)c2)c1. The molecule has 5 aromatic rings. The number of thioether (sulfide) groups is 1. The Hall–Kier alpha value is -5.22. The summed E-state index contributed by atoms with van der Waals surface area (Å²) in [5.41, 5.74) is 2.51. The van der Waals surface area contributed by atoms with Crippen LogP contribution in [0.5, 0.6) is 11.5 Å². The van der Waals surface area contributed by atoms with Crippen molar-refractivity contribution < 1.29 is 23.9 Å². The molecule has 3 amide bonds. The molecule has 0 spiro atoms. The molecule has 11 heteroatoms. The first-order valence-electron chi connectivity index (χ1n) is 14.9. The van der Waals surface area contributed by atoms with Gasteiger partial charge >= 0.3 is 0 Å². The fraction of sp³-hybridized carbons (Fsp3) is 0.0789. The Kier molecular flexibility index (Phi) is 12.0. The third-order valence-corrected chi connectivity index (χ3v) is 8.94. The molecule has 1 atom stereocenters. The molecule has 0 radical (unpaired) electrons. The van der Waals surface area contributed by atoms with E-state index in [0.29, 0.717) is 48.9 Å². The number of benzene rings is 5. The first-order valence-corrected chi connectivity index (χ1v) is 16.6. The zero-order chi connectivity index (χ0) is 34.8. The Bertz CT molecular complexity index is 1990. The molecule has 0 aromatic heterocycles. The van der Waals surface area contributed by atoms with Crippen molar-refractivity contribution in [1.29, 1.82) is 0 Å². The van der Waals surface area contributed by atoms with Crippen molar-refractivity contribution in [1.82, 2.24) is 5.32 Å². The van der Waals surface area contributed by atoms with E-state index in [0.717, 1.165) is 5.56 Å². The van der Waals surface area contributed by atoms with E-state index < -0.39 is 17.1 Å². The van der Waals surface area contributed by atoms with Crippen LogP contribution in [-0.4, -0.2) is 31.9 Å². The van der Waals surface area contributed by atoms with E-state index in [1.54, 1.807) is 84.9 Å². The summed E-state index contributed by atoms with van der Waals surface area (Å²) in [6, 6.07) is 35.0. The van der Waals surface area contributed by atoms with E-state index in [1.807, 2.05) is 36.4 Å². The zero-order valence-corrected chi connectivity index (χ0v) is 28.7. The normalized spacial score (nSPS) is 11.6. The van der Waals surface area contributed by atoms with Gasteiger partial charge < -0.3 is 25.4 Å². The molecule has 1 unspecified atom stereocenters. The van der Waals surface area contributed by atoms with Gasteiger partial charge in [0, 0.05) is 26.7 Å². The highest BCUT2D eigenvalue weighted by molar-refractivity contribution is 8.00. The summed E-state index contributed by atoms with van der Waals surface area (Å²) in [4.78, 5) is 41.3. The summed E-state index contributed by atoms with van der Waals surface area (Å²) in [6.07, 6.45) is 1.52. The number of ether oxygens (including phenoxy) is 2. The molecule has 0 aliphatic rings. The van der Waals surface area contributed by atoms with Crippen LogP contribution >= 0.6 is 35.0 Å². The topological polar surface area (TPSA) is 106 Å². The van der Waals surface area contributed by atoms with Gasteiger partial charge in [-0.2, -0.15) is 0 Å². The number of carbonyl (C=O) groups is 3. The van der Waals surface area contributed by atoms with Gasteiger partial charge in [0.15, 0.2) is 0 Å². The van der Waals surface area contributed by atoms with Gasteiger partial charge in [-0.15, -0.1) is 11.8 Å². The Morgan fingerprint density at radius 1 is 0.755 bits per heavy atom. The highest BCUT2D eigenvalue weighted by Gasteiger charge is 2.24. The number of rotatable bonds is 12. The lowest BCUT2D eigenvalue weighted by Crippen LogP contribution is -2.30. The van der Waals surface area contributed by atoms with E-state index >= 15 is 0 Å². The van der Waals surface area contributed by atoms with Crippen molar-refractivity contribution in [2.45, 2.75) is 10.1 Å². The maximum atomic E-state index is 13.8. The summed E-state index contributed by atoms with van der Waals surface area (Å²) in [5, 5.41) is 8.63. The minimum Gasteiger partial charge on any atom is -0.497 e. The highest BCUT2D eigenvalue weighted by Crippen LogP contribution is 2.38. The van der Waals surface area contributed by atoms with Gasteiger partial charge in [0.2, 0.25) is 5.91 Å². The molecule has 248 valence electrons. The molecular weight excluding hydrogens is 681 g/mol. The molecule has 0 saturated heterocycles. The zero-order valence-electron chi connectivity index (χ0n) is 26.4. The molecule has 0 aliphatic carbocycles. The number of methoxy groups -OCH3 is 2. The molecule has 3 N–H and O–H groups in total. The standard InChI is InChI=1S/C38H31Cl2N3O5S/c1-47-29-17-19-34(48-2)26(20-29)21-33(43-36(44)25-12-7-4-8-13-25)37(45)41-28-14-9-15-30(23-28)49-35(24-10-5-3-6-11-24)38(46)42-32-18-16-27(39)22-31(32)40/h3-23,35H,1-2H3,(H,41,45)(H,42,46)(H,43,44)/b33-21+. The minimum absolute atomic E-state index is 0.0279. The third kappa shape index (κ3) is 9.45. The van der Waals surface area contributed by atoms with E-state index in [9.17, 15) is 14.4 Å². The van der Waals surface area contributed by atoms with Crippen LogP contribution in [0.3, 0.4) is 0 Å². The van der Waals surface area contributed by atoms with E-state index in [1.165, 1.54) is 32.1 Å². The first-order chi connectivity index (χ1) is 23.7. The molecule has 0 bridgehead atoms. The Morgan fingerprint density at radius 3 is 2.18 bits per heavy atom. The van der Waals surface area contributed by atoms with Crippen LogP contribution in [0.1, 0.15) is 26.7 Å². The monoisotopic (exact) mass is 711 g/mol. The third-order valence-electron chi connectivity index (χ3n) is 7.14. The Morgan fingerprint density at radius 2 is 1.49 bits per heavy atom. The molecule has 5 rings (SSSR count). The lowest BCUT2D eigenvalue weighted by atomic mass is 10.1. The van der Waals surface area contributed by atoms with Crippen LogP contribution < -0.4 is 25.4 Å². The summed E-state index contributed by atoms with van der Waals surface area (Å²) < 4.78 is 10.9. The van der Waals surface area contributed by atoms with Gasteiger partial charge in [-0.3, -0.25) is 14.4 Å². The summed E-state index contributed by atoms with van der Waals surface area (Å²) >= 11 is 13.7. The van der Waals surface area contributed by atoms with Gasteiger partial charge in [0.25, 0.3) is 11.8 Å². The predicted molar refractivity (Wildman–Crippen MR) is 197 cm³/mol. The Balaban J connectivity index is 1.42. The average molecular weight is 713 g/mol. The Labute approximate surface area is 298 Å². The second-order valence-corrected chi connectivity index (χ2v) is 12.5. The lowest BCUT2D eigenvalue weighted by Gasteiger charge is -2.18. The molecule has 8 nitrogen and oxygen atoms in total. The van der Waals surface area contributed by atoms with Crippen LogP contribution in [0.4, 0.5) is 11.4 Å². The second kappa shape index (κ2) is 16.7. The van der Waals surface area contributed by atoms with E-state index in [4.69, 9.17) is 32.7 Å². The van der Waals surface area contributed by atoms with Crippen molar-refractivity contribution in [3.63, 3.8) is 0 Å². The average Bonchev–Trinajstić information content (AvgIpc) is 3.12. The molecule has 0 fully saturated rings. The predicted octanol–water partition coefficient (Wildman–Crippen LogP) is 8.89. The maximum absolute atomic E-state index is 13.8. The van der Waals surface area contributed by atoms with Gasteiger partial charge in [-0.05, 0) is 78.4 Å². The fourth-order valence-electron chi connectivity index (χ4n) is 4.72. The maximum Gasteiger partial charge on any atom is 0.272 e. The van der Waals surface area contributed by atoms with Crippen molar-refractivity contribution in [3.05, 3.63) is 154 Å². The largest absolute Gasteiger partial charge is 0.497 e. The number of anilines is 2. The quantitative estimate of drug-likeness (QED) is 0.0882. The minimum atomic E-state index is -0.667. The number of amides is 3. The number of halogens is 2. The summed E-state index contributed by atoms with van der Waals surface area (Å²) in [6.45, 7) is 0. The number of hydrogen-bond acceptors (Lipinski definition) is 6. The van der Waals surface area contributed by atoms with Crippen molar-refractivity contribution in [3.8, 4) is 11.5 Å². The summed E-state index contributed by atoms with van der Waals surface area (Å²) in [5.74, 6) is -0.322. The summed E-state index contributed by atoms with van der Waals surface area (Å²) in [7, 11) is 3.04. The number of hydrogen-bond donors (Lipinski definition) is 3. The number of nitrogens with one attached hydrogen (secondary N) is 3. The van der Waals surface area contributed by atoms with Crippen LogP contribution in [0, 0.1) is 0 Å². The molecule has 0 saturated carbocycles. The molecule has 0 aliphatic heterocycles. The first kappa shape index (κ1) is 35.1. The van der Waals surface area contributed by atoms with Gasteiger partial charge in [-0.25, -0.2) is 0 Å². The molecule has 0 heterocycles. The van der Waals surface area contributed by atoms with Crippen LogP contribution in [0.2, 0.25) is 10.0 Å². The van der Waals surface area contributed by atoms with Gasteiger partial charge in [-0.1, -0.05) is 77.8 Å². The second-order valence-electron chi connectivity index (χ2n) is 10.5. The van der Waals surface area contributed by atoms with Gasteiger partial charge in [0.05, 0.1) is 24.9 Å². The van der Waals surface area contributed by atoms with Crippen LogP contribution in [0.25, 0.3) is 6.08 Å². The van der Waals surface area contributed by atoms with Crippen LogP contribution in [0.15, 0.2) is 132 Å². The molecule has 49 heavy (non-hydrogen) atoms. The van der Waals surface area contributed by atoms with Crippen molar-refractivity contribution in [2.75, 3.05) is 24.9 Å². The smallest absolute Gasteiger partial charge is 0.272 e. The number of carbonyl (C=O) groups excluding carboxylic acids is 3. The highest BCUT2D eigenvalue weighted by atomic mass is 35.5. The molecular formula is C38H31Cl2N3O5S. The lowest BCUT2D eigenvalue weighted by molar-refractivity contribution is -0.116. The van der Waals surface area contributed by atoms with E-state index in [2.05, 4.69) is 16.0 Å². The fourth-order valence-corrected chi connectivity index (χ4v) is 6.26. The van der Waals surface area contributed by atoms with Crippen LogP contribution in [-0.2, 0) is 9.59 Å². The van der Waals surface area contributed by atoms with Crippen molar-refractivity contribution in [2.24, 2.45) is 0 Å². The van der Waals surface area contributed by atoms with E-state index in [-0.39, 0.29) is 11.6 Å².